The van der Waals surface area contributed by atoms with Gasteiger partial charge in [-0.2, -0.15) is 0 Å². The van der Waals surface area contributed by atoms with Crippen LogP contribution in [0, 0.1) is 6.92 Å². The van der Waals surface area contributed by atoms with Crippen LogP contribution in [-0.2, 0) is 20.7 Å². The van der Waals surface area contributed by atoms with Crippen molar-refractivity contribution in [2.75, 3.05) is 26.9 Å². The van der Waals surface area contributed by atoms with E-state index < -0.39 is 5.97 Å². The van der Waals surface area contributed by atoms with Crippen molar-refractivity contribution in [3.05, 3.63) is 59.7 Å². The summed E-state index contributed by atoms with van der Waals surface area (Å²) in [6, 6.07) is 15.2. The van der Waals surface area contributed by atoms with E-state index in [0.29, 0.717) is 13.0 Å². The van der Waals surface area contributed by atoms with Crippen LogP contribution in [0.5, 0.6) is 11.5 Å². The van der Waals surface area contributed by atoms with Crippen molar-refractivity contribution >= 4 is 11.9 Å². The Morgan fingerprint density at radius 3 is 2.44 bits per heavy atom. The number of ether oxygens (including phenoxy) is 3. The summed E-state index contributed by atoms with van der Waals surface area (Å²) < 4.78 is 15.8. The van der Waals surface area contributed by atoms with Gasteiger partial charge in [-0.3, -0.25) is 9.59 Å². The Bertz CT molecular complexity index is 760. The second-order valence-corrected chi connectivity index (χ2v) is 5.94. The Morgan fingerprint density at radius 2 is 1.70 bits per heavy atom. The first kappa shape index (κ1) is 20.3. The summed E-state index contributed by atoms with van der Waals surface area (Å²) in [5, 5.41) is 2.72. The van der Waals surface area contributed by atoms with Crippen molar-refractivity contribution in [3.8, 4) is 11.5 Å². The van der Waals surface area contributed by atoms with Gasteiger partial charge in [-0.25, -0.2) is 0 Å². The lowest BCUT2D eigenvalue weighted by Gasteiger charge is -2.10. The van der Waals surface area contributed by atoms with Crippen molar-refractivity contribution < 1.29 is 23.8 Å². The monoisotopic (exact) mass is 371 g/mol. The quantitative estimate of drug-likeness (QED) is 0.650. The largest absolute Gasteiger partial charge is 0.496 e. The molecule has 0 aliphatic rings. The van der Waals surface area contributed by atoms with E-state index in [1.54, 1.807) is 7.11 Å². The molecule has 0 heterocycles. The first-order valence-electron chi connectivity index (χ1n) is 8.83. The Kier molecular flexibility index (Phi) is 8.16. The van der Waals surface area contributed by atoms with Crippen molar-refractivity contribution in [2.24, 2.45) is 0 Å². The molecule has 1 amide bonds. The molecule has 0 fully saturated rings. The standard InChI is InChI=1S/C21H25NO5/c1-16-7-3-5-9-18(16)26-14-12-21(24)27-15-20(23)22-13-11-17-8-4-6-10-19(17)25-2/h3-10H,11-15H2,1-2H3,(H,22,23). The van der Waals surface area contributed by atoms with Crippen LogP contribution in [0.4, 0.5) is 0 Å². The second kappa shape index (κ2) is 10.9. The highest BCUT2D eigenvalue weighted by Gasteiger charge is 2.09. The third-order valence-electron chi connectivity index (χ3n) is 3.93. The lowest BCUT2D eigenvalue weighted by molar-refractivity contribution is -0.149. The summed E-state index contributed by atoms with van der Waals surface area (Å²) in [6.45, 7) is 2.28. The Hall–Kier alpha value is -3.02. The SMILES string of the molecule is COc1ccccc1CCNC(=O)COC(=O)CCOc1ccccc1C. The van der Waals surface area contributed by atoms with Gasteiger partial charge in [-0.05, 0) is 36.6 Å². The number of esters is 1. The molecule has 0 unspecified atom stereocenters. The average molecular weight is 371 g/mol. The molecule has 0 radical (unpaired) electrons. The van der Waals surface area contributed by atoms with Gasteiger partial charge in [0.1, 0.15) is 11.5 Å². The lowest BCUT2D eigenvalue weighted by atomic mass is 10.1. The molecule has 0 aliphatic heterocycles. The van der Waals surface area contributed by atoms with Crippen LogP contribution in [0.15, 0.2) is 48.5 Å². The van der Waals surface area contributed by atoms with Crippen molar-refractivity contribution in [1.29, 1.82) is 0 Å². The van der Waals surface area contributed by atoms with Gasteiger partial charge in [-0.15, -0.1) is 0 Å². The van der Waals surface area contributed by atoms with E-state index in [4.69, 9.17) is 14.2 Å². The molecular weight excluding hydrogens is 346 g/mol. The number of carbonyl (C=O) groups excluding carboxylic acids is 2. The molecular formula is C21H25NO5. The fourth-order valence-corrected chi connectivity index (χ4v) is 2.48. The van der Waals surface area contributed by atoms with E-state index in [-0.39, 0.29) is 25.5 Å². The molecule has 2 aromatic rings. The van der Waals surface area contributed by atoms with Gasteiger partial charge in [0.2, 0.25) is 0 Å². The van der Waals surface area contributed by atoms with Gasteiger partial charge in [0.15, 0.2) is 6.61 Å². The second-order valence-electron chi connectivity index (χ2n) is 5.94. The van der Waals surface area contributed by atoms with E-state index >= 15 is 0 Å². The summed E-state index contributed by atoms with van der Waals surface area (Å²) in [5.74, 6) is 0.716. The number of hydrogen-bond donors (Lipinski definition) is 1. The minimum absolute atomic E-state index is 0.0861. The molecule has 0 saturated carbocycles. The van der Waals surface area contributed by atoms with Crippen LogP contribution in [0.3, 0.4) is 0 Å². The normalized spacial score (nSPS) is 10.1. The minimum Gasteiger partial charge on any atom is -0.496 e. The maximum Gasteiger partial charge on any atom is 0.309 e. The van der Waals surface area contributed by atoms with Crippen LogP contribution >= 0.6 is 0 Å². The molecule has 2 rings (SSSR count). The summed E-state index contributed by atoms with van der Waals surface area (Å²) in [6.07, 6.45) is 0.719. The van der Waals surface area contributed by atoms with E-state index in [0.717, 1.165) is 22.6 Å². The number of carbonyl (C=O) groups is 2. The molecule has 0 atom stereocenters. The van der Waals surface area contributed by atoms with Gasteiger partial charge in [-0.1, -0.05) is 36.4 Å². The molecule has 6 heteroatoms. The molecule has 0 saturated heterocycles. The fourth-order valence-electron chi connectivity index (χ4n) is 2.48. The maximum atomic E-state index is 11.8. The van der Waals surface area contributed by atoms with E-state index in [9.17, 15) is 9.59 Å². The number of rotatable bonds is 10. The summed E-state index contributed by atoms with van der Waals surface area (Å²) >= 11 is 0. The van der Waals surface area contributed by atoms with Crippen LogP contribution in [0.1, 0.15) is 17.5 Å². The predicted octanol–water partition coefficient (Wildman–Crippen LogP) is 2.67. The maximum absolute atomic E-state index is 11.8. The number of nitrogens with one attached hydrogen (secondary N) is 1. The van der Waals surface area contributed by atoms with Gasteiger partial charge in [0, 0.05) is 6.54 Å². The summed E-state index contributed by atoms with van der Waals surface area (Å²) in [5.41, 5.74) is 2.01. The minimum atomic E-state index is -0.469. The molecule has 0 spiro atoms. The number of benzene rings is 2. The Balaban J connectivity index is 1.60. The molecule has 0 aliphatic carbocycles. The van der Waals surface area contributed by atoms with Gasteiger partial charge in [0.25, 0.3) is 5.91 Å². The van der Waals surface area contributed by atoms with Crippen LogP contribution in [-0.4, -0.2) is 38.7 Å². The molecule has 27 heavy (non-hydrogen) atoms. The van der Waals surface area contributed by atoms with Crippen molar-refractivity contribution in [1.82, 2.24) is 5.32 Å². The zero-order valence-electron chi connectivity index (χ0n) is 15.7. The van der Waals surface area contributed by atoms with Gasteiger partial charge in [0.05, 0.1) is 20.1 Å². The molecule has 0 bridgehead atoms. The highest BCUT2D eigenvalue weighted by Crippen LogP contribution is 2.17. The van der Waals surface area contributed by atoms with Crippen molar-refractivity contribution in [3.63, 3.8) is 0 Å². The molecule has 1 N–H and O–H groups in total. The molecule has 2 aromatic carbocycles. The van der Waals surface area contributed by atoms with Crippen LogP contribution in [0.25, 0.3) is 0 Å². The fraction of sp³-hybridized carbons (Fsp3) is 0.333. The Morgan fingerprint density at radius 1 is 1.00 bits per heavy atom. The Labute approximate surface area is 159 Å². The van der Waals surface area contributed by atoms with E-state index in [1.165, 1.54) is 0 Å². The molecule has 6 nitrogen and oxygen atoms in total. The van der Waals surface area contributed by atoms with Crippen LogP contribution in [0.2, 0.25) is 0 Å². The van der Waals surface area contributed by atoms with Gasteiger partial charge < -0.3 is 19.5 Å². The molecule has 0 aromatic heterocycles. The number of hydrogen-bond acceptors (Lipinski definition) is 5. The van der Waals surface area contributed by atoms with Crippen molar-refractivity contribution in [2.45, 2.75) is 19.8 Å². The zero-order chi connectivity index (χ0) is 19.5. The predicted molar refractivity (Wildman–Crippen MR) is 102 cm³/mol. The number of methoxy groups -OCH3 is 1. The zero-order valence-corrected chi connectivity index (χ0v) is 15.7. The first-order valence-corrected chi connectivity index (χ1v) is 8.83. The summed E-state index contributed by atoms with van der Waals surface area (Å²) in [4.78, 5) is 23.5. The van der Waals surface area contributed by atoms with Gasteiger partial charge >= 0.3 is 5.97 Å². The smallest absolute Gasteiger partial charge is 0.309 e. The lowest BCUT2D eigenvalue weighted by Crippen LogP contribution is -2.30. The number of amides is 1. The third-order valence-corrected chi connectivity index (χ3v) is 3.93. The average Bonchev–Trinajstić information content (AvgIpc) is 2.68. The topological polar surface area (TPSA) is 73.9 Å². The highest BCUT2D eigenvalue weighted by molar-refractivity contribution is 5.80. The first-order chi connectivity index (χ1) is 13.1. The van der Waals surface area contributed by atoms with E-state index in [1.807, 2.05) is 55.5 Å². The summed E-state index contributed by atoms with van der Waals surface area (Å²) in [7, 11) is 1.61. The number of aryl methyl sites for hydroxylation is 1. The molecule has 144 valence electrons. The number of para-hydroxylation sites is 2. The highest BCUT2D eigenvalue weighted by atomic mass is 16.5. The van der Waals surface area contributed by atoms with Crippen LogP contribution < -0.4 is 14.8 Å². The van der Waals surface area contributed by atoms with E-state index in [2.05, 4.69) is 5.32 Å². The third kappa shape index (κ3) is 7.01.